The number of carbonyl (C=O) groups excluding carboxylic acids is 1. The van der Waals surface area contributed by atoms with Gasteiger partial charge in [0.1, 0.15) is 5.69 Å². The van der Waals surface area contributed by atoms with Gasteiger partial charge in [-0.1, -0.05) is 18.8 Å². The van der Waals surface area contributed by atoms with Crippen LogP contribution >= 0.6 is 0 Å². The fraction of sp³-hybridized carbons (Fsp3) is 0.500. The molecule has 5 nitrogen and oxygen atoms in total. The fourth-order valence-corrected chi connectivity index (χ4v) is 2.64. The lowest BCUT2D eigenvalue weighted by molar-refractivity contribution is 0.0878. The topological polar surface area (TPSA) is 71.2 Å². The average molecular weight is 286 g/mol. The molecule has 0 bridgehead atoms. The smallest absolute Gasteiger partial charge is 0.271 e. The van der Waals surface area contributed by atoms with Crippen molar-refractivity contribution in [2.24, 2.45) is 11.7 Å². The number of pyridine rings is 1. The van der Waals surface area contributed by atoms with Crippen molar-refractivity contribution in [1.29, 1.82) is 0 Å². The van der Waals surface area contributed by atoms with E-state index in [-0.39, 0.29) is 18.5 Å². The molecule has 5 heteroatoms. The molecule has 0 spiro atoms. The molecular weight excluding hydrogens is 264 g/mol. The zero-order valence-corrected chi connectivity index (χ0v) is 12.6. The zero-order valence-electron chi connectivity index (χ0n) is 12.6. The lowest BCUT2D eigenvalue weighted by Crippen LogP contribution is -2.49. The van der Waals surface area contributed by atoms with E-state index in [1.165, 1.54) is 0 Å². The van der Waals surface area contributed by atoms with E-state index < -0.39 is 0 Å². The molecule has 0 saturated carbocycles. The Balaban J connectivity index is 2.10. The second kappa shape index (κ2) is 7.21. The van der Waals surface area contributed by atoms with Gasteiger partial charge in [-0.05, 0) is 38.1 Å². The summed E-state index contributed by atoms with van der Waals surface area (Å²) in [5.74, 6) is 5.94. The fourth-order valence-electron chi connectivity index (χ4n) is 2.64. The SMILES string of the molecule is CC1CN(C)CCC1NC(=O)c1ncccc1C#CCN. The predicted molar refractivity (Wildman–Crippen MR) is 82.7 cm³/mol. The summed E-state index contributed by atoms with van der Waals surface area (Å²) in [6.07, 6.45) is 2.57. The van der Waals surface area contributed by atoms with E-state index in [2.05, 4.69) is 41.0 Å². The van der Waals surface area contributed by atoms with Crippen LogP contribution in [0, 0.1) is 17.8 Å². The molecule has 1 aliphatic rings. The molecular formula is C16H22N4O. The van der Waals surface area contributed by atoms with E-state index in [9.17, 15) is 4.79 Å². The standard InChI is InChI=1S/C16H22N4O/c1-12-11-20(2)10-7-14(12)19-16(21)15-13(5-3-8-17)6-4-9-18-15/h4,6,9,12,14H,7-8,10-11,17H2,1-2H3,(H,19,21). The van der Waals surface area contributed by atoms with E-state index in [1.807, 2.05) is 0 Å². The molecule has 1 saturated heterocycles. The first kappa shape index (κ1) is 15.5. The number of nitrogens with two attached hydrogens (primary N) is 1. The number of nitrogens with one attached hydrogen (secondary N) is 1. The van der Waals surface area contributed by atoms with Crippen molar-refractivity contribution in [1.82, 2.24) is 15.2 Å². The number of likely N-dealkylation sites (tertiary alicyclic amines) is 1. The summed E-state index contributed by atoms with van der Waals surface area (Å²) in [4.78, 5) is 18.9. The highest BCUT2D eigenvalue weighted by atomic mass is 16.1. The van der Waals surface area contributed by atoms with Crippen molar-refractivity contribution in [3.05, 3.63) is 29.6 Å². The Hall–Kier alpha value is -1.90. The van der Waals surface area contributed by atoms with Gasteiger partial charge in [-0.15, -0.1) is 0 Å². The Labute approximate surface area is 125 Å². The van der Waals surface area contributed by atoms with Crippen LogP contribution in [-0.2, 0) is 0 Å². The molecule has 1 aromatic rings. The third kappa shape index (κ3) is 4.03. The highest BCUT2D eigenvalue weighted by molar-refractivity contribution is 5.94. The number of rotatable bonds is 2. The Bertz CT molecular complexity index is 561. The third-order valence-corrected chi connectivity index (χ3v) is 3.77. The first-order valence-electron chi connectivity index (χ1n) is 7.25. The summed E-state index contributed by atoms with van der Waals surface area (Å²) in [5.41, 5.74) is 6.39. The number of hydrogen-bond donors (Lipinski definition) is 2. The summed E-state index contributed by atoms with van der Waals surface area (Å²) in [7, 11) is 2.10. The molecule has 0 aliphatic carbocycles. The summed E-state index contributed by atoms with van der Waals surface area (Å²) in [6, 6.07) is 3.75. The predicted octanol–water partition coefficient (Wildman–Crippen LogP) is 0.462. The van der Waals surface area contributed by atoms with Gasteiger partial charge in [0.05, 0.1) is 12.1 Å². The summed E-state index contributed by atoms with van der Waals surface area (Å²) >= 11 is 0. The number of piperidine rings is 1. The van der Waals surface area contributed by atoms with Crippen molar-refractivity contribution in [2.45, 2.75) is 19.4 Å². The molecule has 21 heavy (non-hydrogen) atoms. The van der Waals surface area contributed by atoms with Gasteiger partial charge in [0.2, 0.25) is 0 Å². The monoisotopic (exact) mass is 286 g/mol. The first-order chi connectivity index (χ1) is 10.1. The lowest BCUT2D eigenvalue weighted by Gasteiger charge is -2.35. The van der Waals surface area contributed by atoms with Gasteiger partial charge in [0, 0.05) is 18.8 Å². The van der Waals surface area contributed by atoms with Crippen LogP contribution in [0.15, 0.2) is 18.3 Å². The molecule has 2 heterocycles. The molecule has 1 aromatic heterocycles. The minimum atomic E-state index is -0.154. The van der Waals surface area contributed by atoms with Crippen LogP contribution in [0.2, 0.25) is 0 Å². The minimum Gasteiger partial charge on any atom is -0.348 e. The Kier molecular flexibility index (Phi) is 5.32. The summed E-state index contributed by atoms with van der Waals surface area (Å²) in [5, 5.41) is 3.10. The van der Waals surface area contributed by atoms with Crippen molar-refractivity contribution < 1.29 is 4.79 Å². The summed E-state index contributed by atoms with van der Waals surface area (Å²) in [6.45, 7) is 4.42. The summed E-state index contributed by atoms with van der Waals surface area (Å²) < 4.78 is 0. The highest BCUT2D eigenvalue weighted by Crippen LogP contribution is 2.16. The van der Waals surface area contributed by atoms with Crippen LogP contribution in [0.5, 0.6) is 0 Å². The Morgan fingerprint density at radius 1 is 1.62 bits per heavy atom. The van der Waals surface area contributed by atoms with Gasteiger partial charge >= 0.3 is 0 Å². The van der Waals surface area contributed by atoms with Gasteiger partial charge in [-0.3, -0.25) is 4.79 Å². The zero-order chi connectivity index (χ0) is 15.2. The molecule has 1 aliphatic heterocycles. The molecule has 2 unspecified atom stereocenters. The average Bonchev–Trinajstić information content (AvgIpc) is 2.48. The molecule has 1 amide bonds. The lowest BCUT2D eigenvalue weighted by atomic mass is 9.94. The van der Waals surface area contributed by atoms with E-state index >= 15 is 0 Å². The molecule has 1 fully saturated rings. The maximum Gasteiger partial charge on any atom is 0.271 e. The second-order valence-electron chi connectivity index (χ2n) is 5.51. The third-order valence-electron chi connectivity index (χ3n) is 3.77. The molecule has 2 atom stereocenters. The van der Waals surface area contributed by atoms with E-state index in [4.69, 9.17) is 5.73 Å². The number of amides is 1. The van der Waals surface area contributed by atoms with Crippen LogP contribution in [-0.4, -0.2) is 48.5 Å². The molecule has 112 valence electrons. The quantitative estimate of drug-likeness (QED) is 0.775. The van der Waals surface area contributed by atoms with E-state index in [0.717, 1.165) is 19.5 Å². The molecule has 0 aromatic carbocycles. The highest BCUT2D eigenvalue weighted by Gasteiger charge is 2.26. The van der Waals surface area contributed by atoms with Gasteiger partial charge in [-0.25, -0.2) is 4.98 Å². The van der Waals surface area contributed by atoms with E-state index in [1.54, 1.807) is 18.3 Å². The Morgan fingerprint density at radius 3 is 3.14 bits per heavy atom. The van der Waals surface area contributed by atoms with Crippen molar-refractivity contribution in [3.63, 3.8) is 0 Å². The van der Waals surface area contributed by atoms with Crippen molar-refractivity contribution in [3.8, 4) is 11.8 Å². The van der Waals surface area contributed by atoms with Crippen molar-refractivity contribution in [2.75, 3.05) is 26.7 Å². The van der Waals surface area contributed by atoms with Gasteiger partial charge in [0.25, 0.3) is 5.91 Å². The van der Waals surface area contributed by atoms with Gasteiger partial charge < -0.3 is 16.0 Å². The largest absolute Gasteiger partial charge is 0.348 e. The second-order valence-corrected chi connectivity index (χ2v) is 5.51. The van der Waals surface area contributed by atoms with Gasteiger partial charge in [0.15, 0.2) is 0 Å². The number of hydrogen-bond acceptors (Lipinski definition) is 4. The van der Waals surface area contributed by atoms with Crippen LogP contribution in [0.1, 0.15) is 29.4 Å². The first-order valence-corrected chi connectivity index (χ1v) is 7.25. The van der Waals surface area contributed by atoms with Crippen LogP contribution in [0.3, 0.4) is 0 Å². The number of aromatic nitrogens is 1. The molecule has 3 N–H and O–H groups in total. The normalized spacial score (nSPS) is 22.2. The van der Waals surface area contributed by atoms with Crippen molar-refractivity contribution >= 4 is 5.91 Å². The van der Waals surface area contributed by atoms with Crippen LogP contribution in [0.25, 0.3) is 0 Å². The number of nitrogens with zero attached hydrogens (tertiary/aromatic N) is 2. The number of carbonyl (C=O) groups is 1. The minimum absolute atomic E-state index is 0.154. The Morgan fingerprint density at radius 2 is 2.43 bits per heavy atom. The maximum atomic E-state index is 12.4. The molecule has 0 radical (unpaired) electrons. The van der Waals surface area contributed by atoms with Crippen LogP contribution in [0.4, 0.5) is 0 Å². The maximum absolute atomic E-state index is 12.4. The van der Waals surface area contributed by atoms with Crippen LogP contribution < -0.4 is 11.1 Å². The molecule has 2 rings (SSSR count). The van der Waals surface area contributed by atoms with E-state index in [0.29, 0.717) is 17.2 Å². The van der Waals surface area contributed by atoms with Gasteiger partial charge in [-0.2, -0.15) is 0 Å².